The molecular weight excluding hydrogens is 330 g/mol. The van der Waals surface area contributed by atoms with Crippen molar-refractivity contribution in [1.82, 2.24) is 5.32 Å². The van der Waals surface area contributed by atoms with Gasteiger partial charge in [0.05, 0.1) is 5.60 Å². The Morgan fingerprint density at radius 2 is 1.76 bits per heavy atom. The van der Waals surface area contributed by atoms with E-state index in [-0.39, 0.29) is 11.5 Å². The maximum absolute atomic E-state index is 12.3. The van der Waals surface area contributed by atoms with Crippen molar-refractivity contribution in [2.24, 2.45) is 23.7 Å². The summed E-state index contributed by atoms with van der Waals surface area (Å²) in [6.45, 7) is 0.701. The monoisotopic (exact) mass is 359 g/mol. The van der Waals surface area contributed by atoms with Crippen molar-refractivity contribution in [2.45, 2.75) is 49.0 Å². The molecule has 3 nitrogen and oxygen atoms in total. The van der Waals surface area contributed by atoms with E-state index in [2.05, 4.69) is 17.4 Å². The summed E-state index contributed by atoms with van der Waals surface area (Å²) in [6.07, 6.45) is 7.23. The number of benzene rings is 1. The molecule has 0 saturated heterocycles. The molecule has 1 amide bonds. The molecule has 1 N–H and O–H groups in total. The van der Waals surface area contributed by atoms with Crippen LogP contribution in [0.1, 0.15) is 38.5 Å². The van der Waals surface area contributed by atoms with Crippen LogP contribution in [0.4, 0.5) is 0 Å². The van der Waals surface area contributed by atoms with Gasteiger partial charge in [0.25, 0.3) is 0 Å². The van der Waals surface area contributed by atoms with Gasteiger partial charge in [0.15, 0.2) is 0 Å². The van der Waals surface area contributed by atoms with E-state index in [4.69, 9.17) is 4.74 Å². The molecule has 4 fully saturated rings. The number of thioether (sulfide) groups is 1. The Balaban J connectivity index is 1.28. The van der Waals surface area contributed by atoms with Gasteiger partial charge in [-0.05, 0) is 67.9 Å². The first-order valence-electron chi connectivity index (χ1n) is 9.69. The first kappa shape index (κ1) is 17.4. The van der Waals surface area contributed by atoms with Crippen LogP contribution in [0.3, 0.4) is 0 Å². The van der Waals surface area contributed by atoms with Gasteiger partial charge in [-0.15, -0.1) is 11.8 Å². The topological polar surface area (TPSA) is 38.3 Å². The largest absolute Gasteiger partial charge is 0.376 e. The lowest BCUT2D eigenvalue weighted by atomic mass is 9.49. The quantitative estimate of drug-likeness (QED) is 0.744. The molecule has 0 heterocycles. The van der Waals surface area contributed by atoms with Gasteiger partial charge in [-0.1, -0.05) is 18.2 Å². The zero-order valence-electron chi connectivity index (χ0n) is 15.1. The summed E-state index contributed by atoms with van der Waals surface area (Å²) in [5.74, 6) is 4.12. The maximum Gasteiger partial charge on any atom is 0.220 e. The lowest BCUT2D eigenvalue weighted by Crippen LogP contribution is -2.63. The Hall–Kier alpha value is -1.00. The maximum atomic E-state index is 12.3. The SMILES string of the molecule is COC1(CNC(=O)CCSc2ccccc2)C2CC3CC(C2)CC1C3. The molecule has 0 aliphatic heterocycles. The van der Waals surface area contributed by atoms with Gasteiger partial charge in [0.1, 0.15) is 0 Å². The van der Waals surface area contributed by atoms with Crippen LogP contribution >= 0.6 is 11.8 Å². The molecular formula is C21H29NO2S. The minimum atomic E-state index is -0.102. The van der Waals surface area contributed by atoms with Crippen molar-refractivity contribution in [3.63, 3.8) is 0 Å². The number of carbonyl (C=O) groups is 1. The fourth-order valence-electron chi connectivity index (χ4n) is 5.78. The molecule has 1 aromatic carbocycles. The lowest BCUT2D eigenvalue weighted by molar-refractivity contribution is -0.188. The van der Waals surface area contributed by atoms with Gasteiger partial charge in [0, 0.05) is 30.7 Å². The number of methoxy groups -OCH3 is 1. The zero-order valence-corrected chi connectivity index (χ0v) is 15.9. The summed E-state index contributed by atoms with van der Waals surface area (Å²) in [4.78, 5) is 13.6. The number of hydrogen-bond acceptors (Lipinski definition) is 3. The molecule has 136 valence electrons. The van der Waals surface area contributed by atoms with Crippen LogP contribution < -0.4 is 5.32 Å². The van der Waals surface area contributed by atoms with Crippen molar-refractivity contribution < 1.29 is 9.53 Å². The molecule has 0 atom stereocenters. The number of ether oxygens (including phenoxy) is 1. The van der Waals surface area contributed by atoms with E-state index in [0.29, 0.717) is 24.8 Å². The van der Waals surface area contributed by atoms with E-state index in [9.17, 15) is 4.79 Å². The molecule has 1 aromatic rings. The summed E-state index contributed by atoms with van der Waals surface area (Å²) in [5.41, 5.74) is -0.102. The van der Waals surface area contributed by atoms with Crippen molar-refractivity contribution in [2.75, 3.05) is 19.4 Å². The average Bonchev–Trinajstić information content (AvgIpc) is 2.62. The third-order valence-corrected chi connectivity index (χ3v) is 7.82. The summed E-state index contributed by atoms with van der Waals surface area (Å²) in [6, 6.07) is 10.3. The highest BCUT2D eigenvalue weighted by Crippen LogP contribution is 2.59. The molecule has 4 saturated carbocycles. The van der Waals surface area contributed by atoms with Gasteiger partial charge in [0.2, 0.25) is 5.91 Å². The first-order chi connectivity index (χ1) is 12.2. The van der Waals surface area contributed by atoms with Gasteiger partial charge >= 0.3 is 0 Å². The molecule has 4 bridgehead atoms. The fraction of sp³-hybridized carbons (Fsp3) is 0.667. The minimum Gasteiger partial charge on any atom is -0.376 e. The Bertz CT molecular complexity index is 575. The normalized spacial score (nSPS) is 35.7. The smallest absolute Gasteiger partial charge is 0.220 e. The zero-order chi connectivity index (χ0) is 17.3. The van der Waals surface area contributed by atoms with Crippen LogP contribution in [0, 0.1) is 23.7 Å². The number of amides is 1. The summed E-state index contributed by atoms with van der Waals surface area (Å²) in [5, 5.41) is 3.21. The van der Waals surface area contributed by atoms with Gasteiger partial charge in [-0.2, -0.15) is 0 Å². The van der Waals surface area contributed by atoms with Crippen molar-refractivity contribution in [3.8, 4) is 0 Å². The van der Waals surface area contributed by atoms with E-state index in [1.807, 2.05) is 25.3 Å². The van der Waals surface area contributed by atoms with Crippen LogP contribution in [0.25, 0.3) is 0 Å². The third kappa shape index (κ3) is 3.48. The number of rotatable bonds is 7. The molecule has 25 heavy (non-hydrogen) atoms. The molecule has 5 rings (SSSR count). The second kappa shape index (κ2) is 7.32. The van der Waals surface area contributed by atoms with Gasteiger partial charge in [-0.25, -0.2) is 0 Å². The van der Waals surface area contributed by atoms with Crippen molar-refractivity contribution >= 4 is 17.7 Å². The highest BCUT2D eigenvalue weighted by molar-refractivity contribution is 7.99. The van der Waals surface area contributed by atoms with Crippen LogP contribution in [0.2, 0.25) is 0 Å². The summed E-state index contributed by atoms with van der Waals surface area (Å²) >= 11 is 1.75. The highest BCUT2D eigenvalue weighted by atomic mass is 32.2. The van der Waals surface area contributed by atoms with E-state index < -0.39 is 0 Å². The Kier molecular flexibility index (Phi) is 5.10. The fourth-order valence-corrected chi connectivity index (χ4v) is 6.65. The van der Waals surface area contributed by atoms with Crippen LogP contribution in [-0.4, -0.2) is 30.9 Å². The number of carbonyl (C=O) groups excluding carboxylic acids is 1. The summed E-state index contributed by atoms with van der Waals surface area (Å²) in [7, 11) is 1.86. The van der Waals surface area contributed by atoms with E-state index in [1.165, 1.54) is 37.0 Å². The third-order valence-electron chi connectivity index (χ3n) is 6.80. The van der Waals surface area contributed by atoms with E-state index >= 15 is 0 Å². The Morgan fingerprint density at radius 3 is 2.36 bits per heavy atom. The van der Waals surface area contributed by atoms with E-state index in [0.717, 1.165) is 17.6 Å². The lowest BCUT2D eigenvalue weighted by Gasteiger charge is -2.60. The van der Waals surface area contributed by atoms with Crippen LogP contribution in [0.15, 0.2) is 35.2 Å². The molecule has 4 aliphatic carbocycles. The standard InChI is InChI=1S/C21H29NO2S/c1-24-21(17-10-15-9-16(12-17)13-18(21)11-15)14-22-20(23)7-8-25-19-5-3-2-4-6-19/h2-6,15-18H,7-14H2,1H3,(H,22,23). The molecule has 0 aromatic heterocycles. The predicted octanol–water partition coefficient (Wildman–Crippen LogP) is 4.13. The highest BCUT2D eigenvalue weighted by Gasteiger charge is 2.57. The molecule has 0 radical (unpaired) electrons. The van der Waals surface area contributed by atoms with Gasteiger partial charge < -0.3 is 10.1 Å². The second-order valence-corrected chi connectivity index (χ2v) is 9.32. The minimum absolute atomic E-state index is 0.102. The van der Waals surface area contributed by atoms with E-state index in [1.54, 1.807) is 11.8 Å². The molecule has 4 aliphatic rings. The van der Waals surface area contributed by atoms with Crippen molar-refractivity contribution in [3.05, 3.63) is 30.3 Å². The summed E-state index contributed by atoms with van der Waals surface area (Å²) < 4.78 is 6.12. The Morgan fingerprint density at radius 1 is 1.12 bits per heavy atom. The van der Waals surface area contributed by atoms with Crippen molar-refractivity contribution in [1.29, 1.82) is 0 Å². The molecule has 4 heteroatoms. The molecule has 0 unspecified atom stereocenters. The van der Waals surface area contributed by atoms with Gasteiger partial charge in [-0.3, -0.25) is 4.79 Å². The Labute approximate surface area is 155 Å². The number of hydrogen-bond donors (Lipinski definition) is 1. The molecule has 0 spiro atoms. The second-order valence-electron chi connectivity index (χ2n) is 8.15. The van der Waals surface area contributed by atoms with Crippen LogP contribution in [-0.2, 0) is 9.53 Å². The first-order valence-corrected chi connectivity index (χ1v) is 10.7. The van der Waals surface area contributed by atoms with Crippen LogP contribution in [0.5, 0.6) is 0 Å². The number of nitrogens with one attached hydrogen (secondary N) is 1. The predicted molar refractivity (Wildman–Crippen MR) is 102 cm³/mol. The average molecular weight is 360 g/mol.